The minimum Gasteiger partial charge on any atom is -0.384 e. The molecule has 0 spiro atoms. The largest absolute Gasteiger partial charge is 0.384 e. The van der Waals surface area contributed by atoms with Gasteiger partial charge < -0.3 is 5.73 Å². The highest BCUT2D eigenvalue weighted by molar-refractivity contribution is 7.89. The molecule has 0 fully saturated rings. The first-order valence-electron chi connectivity index (χ1n) is 4.93. The zero-order valence-corrected chi connectivity index (χ0v) is 11.1. The molecule has 8 heteroatoms. The van der Waals surface area contributed by atoms with Crippen molar-refractivity contribution in [2.75, 3.05) is 24.3 Å². The Hall–Kier alpha value is -0.990. The van der Waals surface area contributed by atoms with Crippen LogP contribution in [0.4, 0.5) is 5.82 Å². The lowest BCUT2D eigenvalue weighted by atomic mass is 10.5. The fourth-order valence-electron chi connectivity index (χ4n) is 1.12. The van der Waals surface area contributed by atoms with Gasteiger partial charge in [-0.2, -0.15) is 0 Å². The predicted molar refractivity (Wildman–Crippen MR) is 67.4 cm³/mol. The molecule has 96 valence electrons. The van der Waals surface area contributed by atoms with Gasteiger partial charge in [0.1, 0.15) is 10.7 Å². The SMILES string of the molecule is CS(=O)CCCNS(=O)(=O)c1ccc(N)nc1. The van der Waals surface area contributed by atoms with Crippen LogP contribution in [0.3, 0.4) is 0 Å². The number of pyridine rings is 1. The van der Waals surface area contributed by atoms with Crippen molar-refractivity contribution in [1.29, 1.82) is 0 Å². The van der Waals surface area contributed by atoms with Crippen LogP contribution >= 0.6 is 0 Å². The number of nitrogens with zero attached hydrogens (tertiary/aromatic N) is 1. The maximum absolute atomic E-state index is 11.7. The molecule has 1 aromatic heterocycles. The average molecular weight is 277 g/mol. The molecule has 1 heterocycles. The summed E-state index contributed by atoms with van der Waals surface area (Å²) < 4.78 is 36.6. The summed E-state index contributed by atoms with van der Waals surface area (Å²) in [5.41, 5.74) is 5.36. The van der Waals surface area contributed by atoms with Crippen LogP contribution in [0.25, 0.3) is 0 Å². The Bertz CT molecular complexity index is 485. The van der Waals surface area contributed by atoms with Crippen LogP contribution in [-0.4, -0.2) is 36.2 Å². The maximum Gasteiger partial charge on any atom is 0.242 e. The van der Waals surface area contributed by atoms with E-state index in [0.29, 0.717) is 12.2 Å². The summed E-state index contributed by atoms with van der Waals surface area (Å²) >= 11 is 0. The molecule has 0 aliphatic carbocycles. The highest BCUT2D eigenvalue weighted by Crippen LogP contribution is 2.08. The van der Waals surface area contributed by atoms with Crippen molar-refractivity contribution in [2.24, 2.45) is 0 Å². The van der Waals surface area contributed by atoms with Crippen molar-refractivity contribution < 1.29 is 12.6 Å². The van der Waals surface area contributed by atoms with Crippen molar-refractivity contribution in [1.82, 2.24) is 9.71 Å². The molecular weight excluding hydrogens is 262 g/mol. The van der Waals surface area contributed by atoms with Gasteiger partial charge in [0.15, 0.2) is 0 Å². The van der Waals surface area contributed by atoms with Crippen molar-refractivity contribution in [2.45, 2.75) is 11.3 Å². The molecule has 1 aromatic rings. The molecular formula is C9H15N3O3S2. The molecule has 1 rings (SSSR count). The minimum absolute atomic E-state index is 0.0734. The zero-order valence-electron chi connectivity index (χ0n) is 9.42. The molecule has 1 atom stereocenters. The monoisotopic (exact) mass is 277 g/mol. The van der Waals surface area contributed by atoms with Crippen LogP contribution in [-0.2, 0) is 20.8 Å². The van der Waals surface area contributed by atoms with E-state index in [4.69, 9.17) is 5.73 Å². The van der Waals surface area contributed by atoms with Crippen LogP contribution in [0.2, 0.25) is 0 Å². The van der Waals surface area contributed by atoms with Crippen LogP contribution in [0.5, 0.6) is 0 Å². The van der Waals surface area contributed by atoms with E-state index in [0.717, 1.165) is 0 Å². The van der Waals surface area contributed by atoms with E-state index in [-0.39, 0.29) is 17.3 Å². The smallest absolute Gasteiger partial charge is 0.242 e. The minimum atomic E-state index is -3.54. The van der Waals surface area contributed by atoms with E-state index in [9.17, 15) is 12.6 Å². The molecule has 0 bridgehead atoms. The van der Waals surface area contributed by atoms with Gasteiger partial charge in [-0.25, -0.2) is 18.1 Å². The number of rotatable bonds is 6. The summed E-state index contributed by atoms with van der Waals surface area (Å²) in [6.45, 7) is 0.256. The lowest BCUT2D eigenvalue weighted by molar-refractivity contribution is 0.580. The van der Waals surface area contributed by atoms with Gasteiger partial charge in [0.05, 0.1) is 0 Å². The molecule has 0 amide bonds. The molecule has 6 nitrogen and oxygen atoms in total. The molecule has 0 aliphatic rings. The van der Waals surface area contributed by atoms with Crippen LogP contribution in [0.15, 0.2) is 23.2 Å². The summed E-state index contributed by atoms with van der Waals surface area (Å²) in [4.78, 5) is 3.79. The number of anilines is 1. The number of nitrogens with two attached hydrogens (primary N) is 1. The summed E-state index contributed by atoms with van der Waals surface area (Å²) in [5.74, 6) is 0.744. The van der Waals surface area contributed by atoms with Crippen LogP contribution in [0.1, 0.15) is 6.42 Å². The third kappa shape index (κ3) is 4.80. The lowest BCUT2D eigenvalue weighted by Gasteiger charge is -2.05. The topological polar surface area (TPSA) is 102 Å². The first-order valence-corrected chi connectivity index (χ1v) is 8.14. The summed E-state index contributed by atoms with van der Waals surface area (Å²) in [5, 5.41) is 0. The second-order valence-electron chi connectivity index (χ2n) is 3.45. The normalized spacial score (nSPS) is 13.5. The Morgan fingerprint density at radius 3 is 2.71 bits per heavy atom. The fraction of sp³-hybridized carbons (Fsp3) is 0.444. The molecule has 0 saturated carbocycles. The first-order chi connectivity index (χ1) is 7.92. The van der Waals surface area contributed by atoms with E-state index in [1.807, 2.05) is 0 Å². The van der Waals surface area contributed by atoms with Gasteiger partial charge in [-0.1, -0.05) is 0 Å². The van der Waals surface area contributed by atoms with Gasteiger partial charge in [-0.3, -0.25) is 4.21 Å². The van der Waals surface area contributed by atoms with E-state index < -0.39 is 20.8 Å². The lowest BCUT2D eigenvalue weighted by Crippen LogP contribution is -2.25. The zero-order chi connectivity index (χ0) is 12.9. The Morgan fingerprint density at radius 1 is 1.47 bits per heavy atom. The highest BCUT2D eigenvalue weighted by Gasteiger charge is 2.13. The Balaban J connectivity index is 2.57. The number of sulfonamides is 1. The third-order valence-corrected chi connectivity index (χ3v) is 4.28. The van der Waals surface area contributed by atoms with Crippen LogP contribution < -0.4 is 10.5 Å². The summed E-state index contributed by atoms with van der Waals surface area (Å²) in [7, 11) is -4.45. The number of nitrogen functional groups attached to an aromatic ring is 1. The van der Waals surface area contributed by atoms with Gasteiger partial charge in [0.25, 0.3) is 0 Å². The van der Waals surface area contributed by atoms with Crippen molar-refractivity contribution >= 4 is 26.6 Å². The third-order valence-electron chi connectivity index (χ3n) is 1.97. The molecule has 0 radical (unpaired) electrons. The quantitative estimate of drug-likeness (QED) is 0.696. The second-order valence-corrected chi connectivity index (χ2v) is 6.77. The molecule has 17 heavy (non-hydrogen) atoms. The van der Waals surface area contributed by atoms with Crippen molar-refractivity contribution in [3.8, 4) is 0 Å². The highest BCUT2D eigenvalue weighted by atomic mass is 32.2. The Kier molecular flexibility index (Phi) is 5.03. The molecule has 1 unspecified atom stereocenters. The number of hydrogen-bond donors (Lipinski definition) is 2. The van der Waals surface area contributed by atoms with Gasteiger partial charge in [0, 0.05) is 35.5 Å². The van der Waals surface area contributed by atoms with E-state index in [1.165, 1.54) is 18.3 Å². The van der Waals surface area contributed by atoms with E-state index >= 15 is 0 Å². The van der Waals surface area contributed by atoms with Crippen molar-refractivity contribution in [3.63, 3.8) is 0 Å². The average Bonchev–Trinajstić information content (AvgIpc) is 2.25. The van der Waals surface area contributed by atoms with Gasteiger partial charge >= 0.3 is 0 Å². The van der Waals surface area contributed by atoms with Gasteiger partial charge in [0.2, 0.25) is 10.0 Å². The number of nitrogens with one attached hydrogen (secondary N) is 1. The summed E-state index contributed by atoms with van der Waals surface area (Å²) in [6, 6.07) is 2.82. The van der Waals surface area contributed by atoms with Gasteiger partial charge in [-0.05, 0) is 18.6 Å². The Labute approximate surface area is 103 Å². The van der Waals surface area contributed by atoms with Crippen molar-refractivity contribution in [3.05, 3.63) is 18.3 Å². The first kappa shape index (κ1) is 14.1. The second kappa shape index (κ2) is 6.08. The predicted octanol–water partition coefficient (Wildman–Crippen LogP) is -0.289. The molecule has 0 aromatic carbocycles. The standard InChI is InChI=1S/C9H15N3O3S2/c1-16(13)6-2-5-12-17(14,15)8-3-4-9(10)11-7-8/h3-4,7,12H,2,5-6H2,1H3,(H2,10,11). The van der Waals surface area contributed by atoms with E-state index in [2.05, 4.69) is 9.71 Å². The molecule has 0 saturated heterocycles. The fourth-order valence-corrected chi connectivity index (χ4v) is 2.69. The number of aromatic nitrogens is 1. The molecule has 0 aliphatic heterocycles. The van der Waals surface area contributed by atoms with Crippen LogP contribution in [0, 0.1) is 0 Å². The summed E-state index contributed by atoms with van der Waals surface area (Å²) in [6.07, 6.45) is 3.32. The molecule has 3 N–H and O–H groups in total. The maximum atomic E-state index is 11.7. The number of hydrogen-bond acceptors (Lipinski definition) is 5. The van der Waals surface area contributed by atoms with E-state index in [1.54, 1.807) is 6.26 Å². The van der Waals surface area contributed by atoms with Gasteiger partial charge in [-0.15, -0.1) is 0 Å². The Morgan fingerprint density at radius 2 is 2.18 bits per heavy atom.